The zero-order valence-corrected chi connectivity index (χ0v) is 11.2. The topological polar surface area (TPSA) is 43.8 Å². The van der Waals surface area contributed by atoms with Crippen LogP contribution in [0.1, 0.15) is 59.2 Å². The molecular formula is C13H25N3. The summed E-state index contributed by atoms with van der Waals surface area (Å²) in [4.78, 5) is 4.24. The molecule has 0 aromatic carbocycles. The Balaban J connectivity index is 3.00. The van der Waals surface area contributed by atoms with Crippen LogP contribution >= 0.6 is 0 Å². The van der Waals surface area contributed by atoms with E-state index in [0.29, 0.717) is 12.0 Å². The standard InChI is InChI=1S/C13H25N3/c1-6-11(7-2)10(3)16-9-15-8-12(16)13(4,5)14/h8-11H,6-7,14H2,1-5H3. The molecule has 3 nitrogen and oxygen atoms in total. The smallest absolute Gasteiger partial charge is 0.0951 e. The zero-order valence-electron chi connectivity index (χ0n) is 11.2. The van der Waals surface area contributed by atoms with Crippen molar-refractivity contribution in [1.82, 2.24) is 9.55 Å². The molecule has 1 aromatic heterocycles. The Bertz CT molecular complexity index is 318. The third kappa shape index (κ3) is 2.64. The van der Waals surface area contributed by atoms with Gasteiger partial charge in [-0.05, 0) is 26.7 Å². The molecule has 0 fully saturated rings. The van der Waals surface area contributed by atoms with Gasteiger partial charge in [-0.1, -0.05) is 26.7 Å². The van der Waals surface area contributed by atoms with Crippen LogP contribution in [0.25, 0.3) is 0 Å². The molecule has 92 valence electrons. The van der Waals surface area contributed by atoms with E-state index in [1.54, 1.807) is 0 Å². The van der Waals surface area contributed by atoms with Crippen LogP contribution in [0.2, 0.25) is 0 Å². The summed E-state index contributed by atoms with van der Waals surface area (Å²) in [5.74, 6) is 0.690. The molecule has 0 aliphatic rings. The van der Waals surface area contributed by atoms with E-state index in [9.17, 15) is 0 Å². The minimum atomic E-state index is -0.323. The summed E-state index contributed by atoms with van der Waals surface area (Å²) >= 11 is 0. The highest BCUT2D eigenvalue weighted by atomic mass is 15.1. The van der Waals surface area contributed by atoms with E-state index < -0.39 is 0 Å². The summed E-state index contributed by atoms with van der Waals surface area (Å²) in [5, 5.41) is 0. The number of nitrogens with zero attached hydrogens (tertiary/aromatic N) is 2. The number of rotatable bonds is 5. The molecule has 0 saturated heterocycles. The maximum Gasteiger partial charge on any atom is 0.0951 e. The summed E-state index contributed by atoms with van der Waals surface area (Å²) in [7, 11) is 0. The summed E-state index contributed by atoms with van der Waals surface area (Å²) in [6.07, 6.45) is 6.19. The van der Waals surface area contributed by atoms with Gasteiger partial charge in [-0.2, -0.15) is 0 Å². The Labute approximate surface area is 99.1 Å². The van der Waals surface area contributed by atoms with Crippen molar-refractivity contribution in [2.45, 2.75) is 59.0 Å². The molecule has 1 heterocycles. The molecule has 0 bridgehead atoms. The summed E-state index contributed by atoms with van der Waals surface area (Å²) < 4.78 is 2.23. The third-order valence-corrected chi connectivity index (χ3v) is 3.50. The largest absolute Gasteiger partial charge is 0.330 e. The SMILES string of the molecule is CCC(CC)C(C)n1cncc1C(C)(C)N. The second kappa shape index (κ2) is 5.00. The van der Waals surface area contributed by atoms with Crippen molar-refractivity contribution in [2.75, 3.05) is 0 Å². The first kappa shape index (κ1) is 13.2. The molecule has 0 aliphatic carbocycles. The minimum absolute atomic E-state index is 0.323. The molecule has 3 heteroatoms. The first-order valence-corrected chi connectivity index (χ1v) is 6.23. The van der Waals surface area contributed by atoms with Gasteiger partial charge in [0.05, 0.1) is 17.6 Å². The summed E-state index contributed by atoms with van der Waals surface area (Å²) in [6.45, 7) is 10.8. The van der Waals surface area contributed by atoms with Crippen LogP contribution in [0.5, 0.6) is 0 Å². The third-order valence-electron chi connectivity index (χ3n) is 3.50. The highest BCUT2D eigenvalue weighted by molar-refractivity contribution is 5.11. The van der Waals surface area contributed by atoms with Gasteiger partial charge in [0.1, 0.15) is 0 Å². The van der Waals surface area contributed by atoms with Gasteiger partial charge >= 0.3 is 0 Å². The van der Waals surface area contributed by atoms with Crippen LogP contribution in [-0.2, 0) is 5.54 Å². The van der Waals surface area contributed by atoms with Crippen molar-refractivity contribution in [1.29, 1.82) is 0 Å². The second-order valence-corrected chi connectivity index (χ2v) is 5.23. The normalized spacial score (nSPS) is 14.4. The Morgan fingerprint density at radius 3 is 2.38 bits per heavy atom. The molecule has 1 rings (SSSR count). The first-order valence-electron chi connectivity index (χ1n) is 6.23. The van der Waals surface area contributed by atoms with Crippen molar-refractivity contribution in [3.63, 3.8) is 0 Å². The molecule has 2 N–H and O–H groups in total. The molecule has 0 saturated carbocycles. The van der Waals surface area contributed by atoms with Crippen molar-refractivity contribution in [3.8, 4) is 0 Å². The maximum absolute atomic E-state index is 6.16. The Morgan fingerprint density at radius 1 is 1.38 bits per heavy atom. The average molecular weight is 223 g/mol. The van der Waals surface area contributed by atoms with Gasteiger partial charge in [0.25, 0.3) is 0 Å². The van der Waals surface area contributed by atoms with E-state index in [-0.39, 0.29) is 5.54 Å². The minimum Gasteiger partial charge on any atom is -0.330 e. The molecule has 0 radical (unpaired) electrons. The van der Waals surface area contributed by atoms with E-state index in [0.717, 1.165) is 5.69 Å². The van der Waals surface area contributed by atoms with Gasteiger partial charge in [-0.15, -0.1) is 0 Å². The Morgan fingerprint density at radius 2 is 1.94 bits per heavy atom. The van der Waals surface area contributed by atoms with Crippen molar-refractivity contribution in [2.24, 2.45) is 11.7 Å². The molecule has 0 spiro atoms. The zero-order chi connectivity index (χ0) is 12.3. The number of nitrogens with two attached hydrogens (primary N) is 1. The molecule has 1 unspecified atom stereocenters. The number of hydrogen-bond acceptors (Lipinski definition) is 2. The highest BCUT2D eigenvalue weighted by Gasteiger charge is 2.24. The van der Waals surface area contributed by atoms with Crippen molar-refractivity contribution < 1.29 is 0 Å². The quantitative estimate of drug-likeness (QED) is 0.833. The lowest BCUT2D eigenvalue weighted by Crippen LogP contribution is -2.33. The lowest BCUT2D eigenvalue weighted by Gasteiger charge is -2.28. The predicted octanol–water partition coefficient (Wildman–Crippen LogP) is 3.07. The fourth-order valence-corrected chi connectivity index (χ4v) is 2.33. The average Bonchev–Trinajstić information content (AvgIpc) is 2.67. The van der Waals surface area contributed by atoms with E-state index in [4.69, 9.17) is 5.73 Å². The molecule has 0 amide bonds. The fourth-order valence-electron chi connectivity index (χ4n) is 2.33. The summed E-state index contributed by atoms with van der Waals surface area (Å²) in [6, 6.07) is 0.468. The van der Waals surface area contributed by atoms with Crippen LogP contribution in [0, 0.1) is 5.92 Å². The van der Waals surface area contributed by atoms with Gasteiger partial charge in [0, 0.05) is 12.2 Å². The highest BCUT2D eigenvalue weighted by Crippen LogP contribution is 2.28. The van der Waals surface area contributed by atoms with Gasteiger partial charge in [-0.3, -0.25) is 0 Å². The van der Waals surface area contributed by atoms with Crippen LogP contribution in [-0.4, -0.2) is 9.55 Å². The predicted molar refractivity (Wildman–Crippen MR) is 68.2 cm³/mol. The molecule has 16 heavy (non-hydrogen) atoms. The van der Waals surface area contributed by atoms with Gasteiger partial charge < -0.3 is 10.3 Å². The Kier molecular flexibility index (Phi) is 4.14. The van der Waals surface area contributed by atoms with Crippen molar-refractivity contribution in [3.05, 3.63) is 18.2 Å². The van der Waals surface area contributed by atoms with Crippen LogP contribution in [0.3, 0.4) is 0 Å². The van der Waals surface area contributed by atoms with E-state index in [1.165, 1.54) is 12.8 Å². The van der Waals surface area contributed by atoms with Gasteiger partial charge in [-0.25, -0.2) is 4.98 Å². The number of imidazole rings is 1. The van der Waals surface area contributed by atoms with Crippen molar-refractivity contribution >= 4 is 0 Å². The maximum atomic E-state index is 6.16. The van der Waals surface area contributed by atoms with Crippen LogP contribution in [0.4, 0.5) is 0 Å². The molecular weight excluding hydrogens is 198 g/mol. The molecule has 1 atom stereocenters. The van der Waals surface area contributed by atoms with E-state index >= 15 is 0 Å². The van der Waals surface area contributed by atoms with Crippen LogP contribution in [0.15, 0.2) is 12.5 Å². The first-order chi connectivity index (χ1) is 7.41. The van der Waals surface area contributed by atoms with E-state index in [2.05, 4.69) is 30.3 Å². The number of aromatic nitrogens is 2. The van der Waals surface area contributed by atoms with Crippen LogP contribution < -0.4 is 5.73 Å². The van der Waals surface area contributed by atoms with E-state index in [1.807, 2.05) is 26.4 Å². The fraction of sp³-hybridized carbons (Fsp3) is 0.769. The van der Waals surface area contributed by atoms with Gasteiger partial charge in [0.15, 0.2) is 0 Å². The van der Waals surface area contributed by atoms with Gasteiger partial charge in [0.2, 0.25) is 0 Å². The monoisotopic (exact) mass is 223 g/mol. The second-order valence-electron chi connectivity index (χ2n) is 5.23. The molecule has 1 aromatic rings. The lowest BCUT2D eigenvalue weighted by atomic mass is 9.94. The summed E-state index contributed by atoms with van der Waals surface area (Å²) in [5.41, 5.74) is 6.96. The lowest BCUT2D eigenvalue weighted by molar-refractivity contribution is 0.314. The molecule has 0 aliphatic heterocycles. The number of hydrogen-bond donors (Lipinski definition) is 1. The Hall–Kier alpha value is -0.830.